The molecule has 13 aromatic carbocycles. The fourth-order valence-corrected chi connectivity index (χ4v) is 11.3. The number of benzene rings is 13. The first-order valence-electron chi connectivity index (χ1n) is 26.1. The first-order chi connectivity index (χ1) is 37.6. The van der Waals surface area contributed by atoms with Gasteiger partial charge in [0.2, 0.25) is 0 Å². The normalized spacial score (nSPS) is 11.4. The number of rotatable bonds is 10. The third-order valence-electron chi connectivity index (χ3n) is 15.1. The zero-order chi connectivity index (χ0) is 50.4. The predicted molar refractivity (Wildman–Crippen MR) is 323 cm³/mol. The SMILES string of the molecule is c1ccc(-c2cccc(-c3cc(-c4cccc(-c5ccccc5)c4)cc(-n4c5ccccc5c5cc(-c6ccc(-c7cccc(N(c8ccc9ccccc9c8)c8cccc9ccccc89)c7)cc6)ccc54)c3)c2)cc1. The van der Waals surface area contributed by atoms with Crippen molar-refractivity contribution in [2.75, 3.05) is 4.90 Å². The van der Waals surface area contributed by atoms with E-state index < -0.39 is 0 Å². The second-order valence-corrected chi connectivity index (χ2v) is 19.7. The third-order valence-corrected chi connectivity index (χ3v) is 15.1. The Morgan fingerprint density at radius 2 is 0.645 bits per heavy atom. The molecule has 0 spiro atoms. The summed E-state index contributed by atoms with van der Waals surface area (Å²) in [4.78, 5) is 2.41. The molecule has 0 amide bonds. The van der Waals surface area contributed by atoms with Gasteiger partial charge in [-0.3, -0.25) is 0 Å². The van der Waals surface area contributed by atoms with Crippen LogP contribution in [0, 0.1) is 0 Å². The molecule has 1 aromatic heterocycles. The summed E-state index contributed by atoms with van der Waals surface area (Å²) in [5.41, 5.74) is 21.0. The van der Waals surface area contributed by atoms with Crippen molar-refractivity contribution in [1.82, 2.24) is 4.57 Å². The fourth-order valence-electron chi connectivity index (χ4n) is 11.3. The van der Waals surface area contributed by atoms with Gasteiger partial charge in [-0.2, -0.15) is 0 Å². The lowest BCUT2D eigenvalue weighted by Gasteiger charge is -2.27. The highest BCUT2D eigenvalue weighted by atomic mass is 15.1. The van der Waals surface area contributed by atoms with Crippen LogP contribution in [0.2, 0.25) is 0 Å². The average molecular weight is 967 g/mol. The quantitative estimate of drug-likeness (QED) is 0.133. The molecule has 0 fully saturated rings. The van der Waals surface area contributed by atoms with Crippen LogP contribution in [0.15, 0.2) is 303 Å². The van der Waals surface area contributed by atoms with Gasteiger partial charge in [0.25, 0.3) is 0 Å². The number of aromatic nitrogens is 1. The van der Waals surface area contributed by atoms with E-state index in [1.165, 1.54) is 105 Å². The van der Waals surface area contributed by atoms with Crippen LogP contribution in [0.1, 0.15) is 0 Å². The van der Waals surface area contributed by atoms with Gasteiger partial charge in [0.15, 0.2) is 0 Å². The molecule has 14 rings (SSSR count). The predicted octanol–water partition coefficient (Wildman–Crippen LogP) is 20.6. The molecule has 2 heteroatoms. The number of hydrogen-bond donors (Lipinski definition) is 0. The lowest BCUT2D eigenvalue weighted by molar-refractivity contribution is 1.18. The van der Waals surface area contributed by atoms with Crippen LogP contribution in [0.4, 0.5) is 17.1 Å². The van der Waals surface area contributed by atoms with E-state index in [0.29, 0.717) is 0 Å². The largest absolute Gasteiger partial charge is 0.310 e. The molecular weight excluding hydrogens is 917 g/mol. The highest BCUT2D eigenvalue weighted by Gasteiger charge is 2.19. The van der Waals surface area contributed by atoms with Gasteiger partial charge >= 0.3 is 0 Å². The lowest BCUT2D eigenvalue weighted by Crippen LogP contribution is -2.10. The Bertz CT molecular complexity index is 4350. The van der Waals surface area contributed by atoms with Crippen LogP contribution in [-0.4, -0.2) is 4.57 Å². The minimum atomic E-state index is 1.11. The molecule has 0 aliphatic heterocycles. The maximum Gasteiger partial charge on any atom is 0.0541 e. The number of nitrogens with zero attached hydrogens (tertiary/aromatic N) is 2. The van der Waals surface area contributed by atoms with Crippen molar-refractivity contribution in [3.8, 4) is 72.4 Å². The zero-order valence-corrected chi connectivity index (χ0v) is 41.8. The molecule has 0 unspecified atom stereocenters. The van der Waals surface area contributed by atoms with E-state index in [2.05, 4.69) is 313 Å². The smallest absolute Gasteiger partial charge is 0.0541 e. The van der Waals surface area contributed by atoms with E-state index in [0.717, 1.165) is 28.3 Å². The zero-order valence-electron chi connectivity index (χ0n) is 41.8. The van der Waals surface area contributed by atoms with Crippen LogP contribution in [0.3, 0.4) is 0 Å². The second-order valence-electron chi connectivity index (χ2n) is 19.7. The van der Waals surface area contributed by atoms with Crippen molar-refractivity contribution in [1.29, 1.82) is 0 Å². The maximum absolute atomic E-state index is 2.46. The van der Waals surface area contributed by atoms with Gasteiger partial charge in [-0.05, 0) is 162 Å². The molecule has 0 N–H and O–H groups in total. The van der Waals surface area contributed by atoms with Crippen LogP contribution in [-0.2, 0) is 0 Å². The van der Waals surface area contributed by atoms with Crippen molar-refractivity contribution >= 4 is 60.4 Å². The molecule has 356 valence electrons. The van der Waals surface area contributed by atoms with E-state index in [1.54, 1.807) is 0 Å². The minimum absolute atomic E-state index is 1.11. The van der Waals surface area contributed by atoms with Crippen molar-refractivity contribution in [3.05, 3.63) is 303 Å². The van der Waals surface area contributed by atoms with Gasteiger partial charge in [-0.25, -0.2) is 0 Å². The molecule has 0 radical (unpaired) electrons. The Morgan fingerprint density at radius 1 is 0.211 bits per heavy atom. The maximum atomic E-state index is 2.46. The first-order valence-corrected chi connectivity index (χ1v) is 26.1. The summed E-state index contributed by atoms with van der Waals surface area (Å²) < 4.78 is 2.46. The molecule has 0 bridgehead atoms. The van der Waals surface area contributed by atoms with Crippen LogP contribution < -0.4 is 4.90 Å². The van der Waals surface area contributed by atoms with E-state index in [4.69, 9.17) is 0 Å². The number of anilines is 3. The Kier molecular flexibility index (Phi) is 11.2. The summed E-state index contributed by atoms with van der Waals surface area (Å²) >= 11 is 0. The number of hydrogen-bond acceptors (Lipinski definition) is 1. The molecule has 0 aliphatic rings. The van der Waals surface area contributed by atoms with Crippen LogP contribution >= 0.6 is 0 Å². The summed E-state index contributed by atoms with van der Waals surface area (Å²) in [6, 6.07) is 111. The minimum Gasteiger partial charge on any atom is -0.310 e. The van der Waals surface area contributed by atoms with Gasteiger partial charge in [0.05, 0.1) is 16.7 Å². The summed E-state index contributed by atoms with van der Waals surface area (Å²) in [5.74, 6) is 0. The van der Waals surface area contributed by atoms with E-state index in [-0.39, 0.29) is 0 Å². The van der Waals surface area contributed by atoms with E-state index in [1.807, 2.05) is 0 Å². The molecule has 2 nitrogen and oxygen atoms in total. The molecule has 0 atom stereocenters. The van der Waals surface area contributed by atoms with E-state index >= 15 is 0 Å². The number of para-hydroxylation sites is 1. The van der Waals surface area contributed by atoms with E-state index in [9.17, 15) is 0 Å². The lowest BCUT2D eigenvalue weighted by atomic mass is 9.94. The highest BCUT2D eigenvalue weighted by Crippen LogP contribution is 2.43. The highest BCUT2D eigenvalue weighted by molar-refractivity contribution is 6.11. The Morgan fingerprint density at radius 3 is 1.32 bits per heavy atom. The number of fused-ring (bicyclic) bond motifs is 5. The molecule has 0 saturated carbocycles. The Labute approximate surface area is 443 Å². The van der Waals surface area contributed by atoms with Gasteiger partial charge in [0, 0.05) is 33.2 Å². The summed E-state index contributed by atoms with van der Waals surface area (Å²) in [7, 11) is 0. The van der Waals surface area contributed by atoms with Crippen molar-refractivity contribution in [2.24, 2.45) is 0 Å². The standard InChI is InChI=1S/C74H50N2/c1-3-17-51(18-4-1)57-25-13-27-59(43-57)64-45-65(60-28-14-26-58(44-60)52-19-5-2-6-20-52)49-68(48-64)76-73-33-12-11-32-70(73)71-50-63(40-42-74(71)76)55-37-35-54(36-38-55)62-29-15-30-66(46-62)75(67-41-39-53-21-7-8-23-61(53)47-67)72-34-16-24-56-22-9-10-31-69(56)72/h1-50H. The summed E-state index contributed by atoms with van der Waals surface area (Å²) in [6.07, 6.45) is 0. The fraction of sp³-hybridized carbons (Fsp3) is 0. The summed E-state index contributed by atoms with van der Waals surface area (Å²) in [6.45, 7) is 0. The van der Waals surface area contributed by atoms with Gasteiger partial charge in [-0.1, -0.05) is 224 Å². The van der Waals surface area contributed by atoms with Gasteiger partial charge in [0.1, 0.15) is 0 Å². The third kappa shape index (κ3) is 8.29. The second kappa shape index (κ2) is 19.1. The van der Waals surface area contributed by atoms with Crippen LogP contribution in [0.5, 0.6) is 0 Å². The Hall–Kier alpha value is -10.0. The summed E-state index contributed by atoms with van der Waals surface area (Å²) in [5, 5.41) is 7.30. The van der Waals surface area contributed by atoms with Crippen molar-refractivity contribution < 1.29 is 0 Å². The molecule has 0 aliphatic carbocycles. The molecule has 0 saturated heterocycles. The molecule has 76 heavy (non-hydrogen) atoms. The van der Waals surface area contributed by atoms with Gasteiger partial charge in [-0.15, -0.1) is 0 Å². The monoisotopic (exact) mass is 966 g/mol. The molecular formula is C74H50N2. The van der Waals surface area contributed by atoms with Gasteiger partial charge < -0.3 is 9.47 Å². The van der Waals surface area contributed by atoms with Crippen molar-refractivity contribution in [2.45, 2.75) is 0 Å². The topological polar surface area (TPSA) is 8.17 Å². The Balaban J connectivity index is 0.849. The van der Waals surface area contributed by atoms with Crippen LogP contribution in [0.25, 0.3) is 116 Å². The molecule has 14 aromatic rings. The van der Waals surface area contributed by atoms with Crippen molar-refractivity contribution in [3.63, 3.8) is 0 Å². The first kappa shape index (κ1) is 44.7. The average Bonchev–Trinajstić information content (AvgIpc) is 3.90. The molecule has 1 heterocycles.